The van der Waals surface area contributed by atoms with E-state index in [4.69, 9.17) is 4.74 Å². The van der Waals surface area contributed by atoms with Gasteiger partial charge in [-0.3, -0.25) is 14.4 Å². The van der Waals surface area contributed by atoms with Crippen molar-refractivity contribution in [2.75, 3.05) is 19.7 Å². The number of piperidine rings is 1. The maximum absolute atomic E-state index is 12.2. The van der Waals surface area contributed by atoms with Crippen molar-refractivity contribution in [2.24, 2.45) is 0 Å². The lowest BCUT2D eigenvalue weighted by Crippen LogP contribution is -2.45. The molecule has 0 saturated carbocycles. The van der Waals surface area contributed by atoms with Gasteiger partial charge < -0.3 is 15.0 Å². The van der Waals surface area contributed by atoms with Crippen LogP contribution in [0.2, 0.25) is 0 Å². The molecule has 0 bridgehead atoms. The van der Waals surface area contributed by atoms with Crippen LogP contribution in [-0.2, 0) is 14.3 Å². The zero-order valence-electron chi connectivity index (χ0n) is 13.2. The smallest absolute Gasteiger partial charge is 0.325 e. The van der Waals surface area contributed by atoms with Crippen molar-refractivity contribution < 1.29 is 19.1 Å². The predicted octanol–water partition coefficient (Wildman–Crippen LogP) is 1.81. The molecule has 1 atom stereocenters. The molecule has 1 aliphatic rings. The third kappa shape index (κ3) is 5.06. The Hall–Kier alpha value is -1.89. The van der Waals surface area contributed by atoms with Crippen LogP contribution in [0.3, 0.4) is 0 Å². The van der Waals surface area contributed by atoms with Gasteiger partial charge in [0.15, 0.2) is 6.61 Å². The minimum Gasteiger partial charge on any atom is -0.454 e. The highest BCUT2D eigenvalue weighted by molar-refractivity contribution is 7.12. The molecule has 23 heavy (non-hydrogen) atoms. The van der Waals surface area contributed by atoms with Crippen molar-refractivity contribution in [3.05, 3.63) is 22.4 Å². The van der Waals surface area contributed by atoms with Crippen molar-refractivity contribution >= 4 is 29.1 Å². The number of esters is 1. The Morgan fingerprint density at radius 2 is 2.22 bits per heavy atom. The molecular formula is C16H22N2O4S. The SMILES string of the molecule is CC[C@H]1CCCCN1C(=O)COC(=O)CNC(=O)c1cccs1. The number of amides is 2. The summed E-state index contributed by atoms with van der Waals surface area (Å²) in [7, 11) is 0. The fraction of sp³-hybridized carbons (Fsp3) is 0.562. The first-order valence-electron chi connectivity index (χ1n) is 7.88. The van der Waals surface area contributed by atoms with Gasteiger partial charge in [-0.25, -0.2) is 0 Å². The lowest BCUT2D eigenvalue weighted by molar-refractivity contribution is -0.152. The second kappa shape index (κ2) is 8.67. The summed E-state index contributed by atoms with van der Waals surface area (Å²) in [5.74, 6) is -1.08. The second-order valence-corrected chi connectivity index (χ2v) is 6.41. The molecule has 126 valence electrons. The summed E-state index contributed by atoms with van der Waals surface area (Å²) in [4.78, 5) is 37.8. The van der Waals surface area contributed by atoms with E-state index in [0.717, 1.165) is 32.2 Å². The van der Waals surface area contributed by atoms with Gasteiger partial charge in [0.05, 0.1) is 4.88 Å². The summed E-state index contributed by atoms with van der Waals surface area (Å²) in [6.45, 7) is 2.29. The number of carbonyl (C=O) groups excluding carboxylic acids is 3. The summed E-state index contributed by atoms with van der Waals surface area (Å²) in [6.07, 6.45) is 4.05. The number of ether oxygens (including phenoxy) is 1. The molecule has 1 aliphatic heterocycles. The van der Waals surface area contributed by atoms with Gasteiger partial charge in [0.25, 0.3) is 11.8 Å². The first-order chi connectivity index (χ1) is 11.1. The summed E-state index contributed by atoms with van der Waals surface area (Å²) in [6, 6.07) is 3.68. The Morgan fingerprint density at radius 1 is 1.39 bits per heavy atom. The lowest BCUT2D eigenvalue weighted by Gasteiger charge is -2.35. The summed E-state index contributed by atoms with van der Waals surface area (Å²) in [5, 5.41) is 4.27. The van der Waals surface area contributed by atoms with E-state index in [0.29, 0.717) is 4.88 Å². The topological polar surface area (TPSA) is 75.7 Å². The van der Waals surface area contributed by atoms with Gasteiger partial charge in [0.1, 0.15) is 6.54 Å². The molecule has 1 fully saturated rings. The Bertz CT molecular complexity index is 544. The van der Waals surface area contributed by atoms with Crippen LogP contribution in [0.1, 0.15) is 42.3 Å². The van der Waals surface area contributed by atoms with E-state index in [2.05, 4.69) is 12.2 Å². The number of rotatable bonds is 6. The van der Waals surface area contributed by atoms with Crippen LogP contribution in [0.25, 0.3) is 0 Å². The summed E-state index contributed by atoms with van der Waals surface area (Å²) < 4.78 is 4.98. The van der Waals surface area contributed by atoms with Crippen LogP contribution in [-0.4, -0.2) is 48.4 Å². The normalized spacial score (nSPS) is 17.6. The largest absolute Gasteiger partial charge is 0.454 e. The van der Waals surface area contributed by atoms with E-state index >= 15 is 0 Å². The molecule has 0 aromatic carbocycles. The van der Waals surface area contributed by atoms with Crippen LogP contribution >= 0.6 is 11.3 Å². The van der Waals surface area contributed by atoms with Crippen LogP contribution in [0.4, 0.5) is 0 Å². The Labute approximate surface area is 139 Å². The van der Waals surface area contributed by atoms with Gasteiger partial charge in [0, 0.05) is 12.6 Å². The Balaban J connectivity index is 1.71. The number of likely N-dealkylation sites (tertiary alicyclic amines) is 1. The molecule has 6 nitrogen and oxygen atoms in total. The van der Waals surface area contributed by atoms with Crippen LogP contribution in [0.5, 0.6) is 0 Å². The van der Waals surface area contributed by atoms with Gasteiger partial charge in [0.2, 0.25) is 0 Å². The molecule has 0 unspecified atom stereocenters. The van der Waals surface area contributed by atoms with Crippen molar-refractivity contribution in [1.29, 1.82) is 0 Å². The average molecular weight is 338 g/mol. The molecule has 1 aromatic heterocycles. The molecule has 1 N–H and O–H groups in total. The fourth-order valence-corrected chi connectivity index (χ4v) is 3.32. The number of hydrogen-bond acceptors (Lipinski definition) is 5. The molecule has 0 spiro atoms. The Kier molecular flexibility index (Phi) is 6.58. The first-order valence-corrected chi connectivity index (χ1v) is 8.76. The quantitative estimate of drug-likeness (QED) is 0.803. The number of thiophene rings is 1. The highest BCUT2D eigenvalue weighted by atomic mass is 32.1. The fourth-order valence-electron chi connectivity index (χ4n) is 2.68. The van der Waals surface area contributed by atoms with Gasteiger partial charge in [-0.1, -0.05) is 13.0 Å². The molecule has 7 heteroatoms. The third-order valence-electron chi connectivity index (χ3n) is 3.91. The molecular weight excluding hydrogens is 316 g/mol. The van der Waals surface area contributed by atoms with Crippen molar-refractivity contribution in [3.8, 4) is 0 Å². The highest BCUT2D eigenvalue weighted by Gasteiger charge is 2.25. The zero-order chi connectivity index (χ0) is 16.7. The van der Waals surface area contributed by atoms with Crippen LogP contribution in [0, 0.1) is 0 Å². The minimum atomic E-state index is -0.603. The summed E-state index contributed by atoms with van der Waals surface area (Å²) >= 11 is 1.30. The summed E-state index contributed by atoms with van der Waals surface area (Å²) in [5.41, 5.74) is 0. The average Bonchev–Trinajstić information content (AvgIpc) is 3.12. The van der Waals surface area contributed by atoms with Crippen molar-refractivity contribution in [1.82, 2.24) is 10.2 Å². The maximum atomic E-state index is 12.2. The molecule has 1 aromatic rings. The molecule has 2 rings (SSSR count). The van der Waals surface area contributed by atoms with Crippen molar-refractivity contribution in [2.45, 2.75) is 38.6 Å². The molecule has 1 saturated heterocycles. The second-order valence-electron chi connectivity index (χ2n) is 5.47. The van der Waals surface area contributed by atoms with E-state index in [9.17, 15) is 14.4 Å². The van der Waals surface area contributed by atoms with E-state index in [1.54, 1.807) is 22.4 Å². The van der Waals surface area contributed by atoms with Gasteiger partial charge in [-0.15, -0.1) is 11.3 Å². The number of carbonyl (C=O) groups is 3. The Morgan fingerprint density at radius 3 is 2.91 bits per heavy atom. The number of nitrogens with one attached hydrogen (secondary N) is 1. The van der Waals surface area contributed by atoms with E-state index < -0.39 is 5.97 Å². The molecule has 2 amide bonds. The zero-order valence-corrected chi connectivity index (χ0v) is 14.1. The maximum Gasteiger partial charge on any atom is 0.325 e. The van der Waals surface area contributed by atoms with Gasteiger partial charge in [-0.05, 0) is 37.1 Å². The van der Waals surface area contributed by atoms with Crippen LogP contribution in [0.15, 0.2) is 17.5 Å². The monoisotopic (exact) mass is 338 g/mol. The standard InChI is InChI=1S/C16H22N2O4S/c1-2-12-6-3-4-8-18(12)14(19)11-22-15(20)10-17-16(21)13-7-5-9-23-13/h5,7,9,12H,2-4,6,8,10-11H2,1H3,(H,17,21)/t12-/m0/s1. The molecule has 0 radical (unpaired) electrons. The van der Waals surface area contributed by atoms with Crippen molar-refractivity contribution in [3.63, 3.8) is 0 Å². The lowest BCUT2D eigenvalue weighted by atomic mass is 10.00. The number of hydrogen-bond donors (Lipinski definition) is 1. The van der Waals surface area contributed by atoms with E-state index in [-0.39, 0.29) is 31.0 Å². The third-order valence-corrected chi connectivity index (χ3v) is 4.78. The first kappa shape index (κ1) is 17.5. The van der Waals surface area contributed by atoms with Gasteiger partial charge in [-0.2, -0.15) is 0 Å². The van der Waals surface area contributed by atoms with E-state index in [1.807, 2.05) is 0 Å². The molecule has 2 heterocycles. The van der Waals surface area contributed by atoms with E-state index in [1.165, 1.54) is 11.3 Å². The molecule has 0 aliphatic carbocycles. The highest BCUT2D eigenvalue weighted by Crippen LogP contribution is 2.19. The predicted molar refractivity (Wildman–Crippen MR) is 87.3 cm³/mol. The number of nitrogens with zero attached hydrogens (tertiary/aromatic N) is 1. The van der Waals surface area contributed by atoms with Gasteiger partial charge >= 0.3 is 5.97 Å². The van der Waals surface area contributed by atoms with Crippen LogP contribution < -0.4 is 5.32 Å². The minimum absolute atomic E-state index is 0.158.